The highest BCUT2D eigenvalue weighted by Crippen LogP contribution is 2.35. The molecule has 0 aliphatic heterocycles. The van der Waals surface area contributed by atoms with Crippen molar-refractivity contribution < 1.29 is 0 Å². The third-order valence-corrected chi connectivity index (χ3v) is 4.46. The minimum atomic E-state index is 0.241. The van der Waals surface area contributed by atoms with Gasteiger partial charge in [0.05, 0.1) is 10.6 Å². The molecule has 3 aromatic rings. The Balaban J connectivity index is 2.00. The van der Waals surface area contributed by atoms with Crippen molar-refractivity contribution in [3.63, 3.8) is 0 Å². The van der Waals surface area contributed by atoms with Crippen LogP contribution in [0.5, 0.6) is 0 Å². The molecular weight excluding hydrogens is 337 g/mol. The number of nitrogens with two attached hydrogens (primary N) is 1. The first-order chi connectivity index (χ1) is 10.6. The lowest BCUT2D eigenvalue weighted by Crippen LogP contribution is -1.97. The van der Waals surface area contributed by atoms with Crippen LogP contribution in [0.4, 0.5) is 5.95 Å². The van der Waals surface area contributed by atoms with Crippen LogP contribution >= 0.6 is 35.0 Å². The van der Waals surface area contributed by atoms with E-state index in [9.17, 15) is 0 Å². The van der Waals surface area contributed by atoms with Crippen LogP contribution in [0.1, 0.15) is 0 Å². The van der Waals surface area contributed by atoms with Crippen LogP contribution in [-0.4, -0.2) is 9.97 Å². The van der Waals surface area contributed by atoms with Crippen LogP contribution in [0, 0.1) is 0 Å². The molecule has 0 unspecified atom stereocenters. The SMILES string of the molecule is Nc1ncc(Sc2ccc(Cl)cc2)c(-c2ccc(Cl)cc2)n1. The molecule has 1 aromatic heterocycles. The van der Waals surface area contributed by atoms with E-state index in [4.69, 9.17) is 28.9 Å². The van der Waals surface area contributed by atoms with Gasteiger partial charge in [-0.15, -0.1) is 0 Å². The lowest BCUT2D eigenvalue weighted by atomic mass is 10.1. The van der Waals surface area contributed by atoms with E-state index in [-0.39, 0.29) is 5.95 Å². The largest absolute Gasteiger partial charge is 0.368 e. The molecule has 0 saturated heterocycles. The molecule has 2 aromatic carbocycles. The Labute approximate surface area is 142 Å². The molecule has 110 valence electrons. The van der Waals surface area contributed by atoms with Gasteiger partial charge < -0.3 is 5.73 Å². The summed E-state index contributed by atoms with van der Waals surface area (Å²) in [6.07, 6.45) is 1.73. The Morgan fingerprint density at radius 1 is 0.864 bits per heavy atom. The van der Waals surface area contributed by atoms with Gasteiger partial charge in [0.25, 0.3) is 0 Å². The molecule has 3 nitrogen and oxygen atoms in total. The van der Waals surface area contributed by atoms with Crippen molar-refractivity contribution in [2.75, 3.05) is 5.73 Å². The van der Waals surface area contributed by atoms with Crippen LogP contribution in [0.15, 0.2) is 64.5 Å². The maximum absolute atomic E-state index is 5.94. The summed E-state index contributed by atoms with van der Waals surface area (Å²) in [4.78, 5) is 10.4. The van der Waals surface area contributed by atoms with Gasteiger partial charge in [0.15, 0.2) is 0 Å². The number of halogens is 2. The van der Waals surface area contributed by atoms with Gasteiger partial charge in [-0.2, -0.15) is 0 Å². The third kappa shape index (κ3) is 3.53. The van der Waals surface area contributed by atoms with E-state index >= 15 is 0 Å². The second-order valence-corrected chi connectivity index (χ2v) is 6.49. The Hall–Kier alpha value is -1.75. The fourth-order valence-electron chi connectivity index (χ4n) is 1.90. The molecule has 1 heterocycles. The van der Waals surface area contributed by atoms with E-state index in [1.165, 1.54) is 0 Å². The summed E-state index contributed by atoms with van der Waals surface area (Å²) >= 11 is 13.4. The van der Waals surface area contributed by atoms with Gasteiger partial charge >= 0.3 is 0 Å². The van der Waals surface area contributed by atoms with Crippen molar-refractivity contribution in [1.82, 2.24) is 9.97 Å². The van der Waals surface area contributed by atoms with Crippen LogP contribution < -0.4 is 5.73 Å². The highest BCUT2D eigenvalue weighted by Gasteiger charge is 2.10. The first-order valence-corrected chi connectivity index (χ1v) is 8.01. The summed E-state index contributed by atoms with van der Waals surface area (Å²) in [6.45, 7) is 0. The second-order valence-electron chi connectivity index (χ2n) is 4.50. The molecule has 0 fully saturated rings. The van der Waals surface area contributed by atoms with Crippen LogP contribution in [0.3, 0.4) is 0 Å². The second kappa shape index (κ2) is 6.57. The molecule has 2 N–H and O–H groups in total. The quantitative estimate of drug-likeness (QED) is 0.708. The summed E-state index contributed by atoms with van der Waals surface area (Å²) in [7, 11) is 0. The van der Waals surface area contributed by atoms with Crippen molar-refractivity contribution in [3.05, 3.63) is 64.8 Å². The van der Waals surface area contributed by atoms with Crippen molar-refractivity contribution in [2.45, 2.75) is 9.79 Å². The van der Waals surface area contributed by atoms with Crippen LogP contribution in [0.2, 0.25) is 10.0 Å². The third-order valence-electron chi connectivity index (χ3n) is 2.93. The summed E-state index contributed by atoms with van der Waals surface area (Å²) in [5.74, 6) is 0.241. The summed E-state index contributed by atoms with van der Waals surface area (Å²) < 4.78 is 0. The molecule has 3 rings (SSSR count). The zero-order chi connectivity index (χ0) is 15.5. The summed E-state index contributed by atoms with van der Waals surface area (Å²) in [6, 6.07) is 15.1. The fraction of sp³-hybridized carbons (Fsp3) is 0. The minimum absolute atomic E-state index is 0.241. The van der Waals surface area contributed by atoms with Gasteiger partial charge in [0, 0.05) is 26.7 Å². The lowest BCUT2D eigenvalue weighted by Gasteiger charge is -2.09. The standard InChI is InChI=1S/C16H11Cl2N3S/c17-11-3-1-10(2-4-11)15-14(9-20-16(19)21-15)22-13-7-5-12(18)6-8-13/h1-9H,(H2,19,20,21). The number of rotatable bonds is 3. The number of nitrogen functional groups attached to an aromatic ring is 1. The van der Waals surface area contributed by atoms with Gasteiger partial charge in [-0.05, 0) is 36.4 Å². The number of benzene rings is 2. The first-order valence-electron chi connectivity index (χ1n) is 6.44. The van der Waals surface area contributed by atoms with Crippen molar-refractivity contribution in [3.8, 4) is 11.3 Å². The maximum atomic E-state index is 5.94. The van der Waals surface area contributed by atoms with Crippen LogP contribution in [0.25, 0.3) is 11.3 Å². The van der Waals surface area contributed by atoms with Crippen LogP contribution in [-0.2, 0) is 0 Å². The predicted molar refractivity (Wildman–Crippen MR) is 92.5 cm³/mol. The average molecular weight is 348 g/mol. The van der Waals surface area contributed by atoms with Gasteiger partial charge in [-0.3, -0.25) is 0 Å². The summed E-state index contributed by atoms with van der Waals surface area (Å²) in [5.41, 5.74) is 7.45. The number of aromatic nitrogens is 2. The van der Waals surface area contributed by atoms with E-state index in [1.807, 2.05) is 48.5 Å². The Kier molecular flexibility index (Phi) is 4.52. The molecule has 0 aliphatic carbocycles. The molecule has 0 saturated carbocycles. The number of hydrogen-bond donors (Lipinski definition) is 1. The zero-order valence-corrected chi connectivity index (χ0v) is 13.7. The molecule has 6 heteroatoms. The molecule has 0 spiro atoms. The van der Waals surface area contributed by atoms with Gasteiger partial charge in [-0.1, -0.05) is 47.1 Å². The Morgan fingerprint density at radius 3 is 2.09 bits per heavy atom. The monoisotopic (exact) mass is 347 g/mol. The normalized spacial score (nSPS) is 10.6. The molecule has 0 atom stereocenters. The number of nitrogens with zero attached hydrogens (tertiary/aromatic N) is 2. The Morgan fingerprint density at radius 2 is 1.45 bits per heavy atom. The van der Waals surface area contributed by atoms with Crippen molar-refractivity contribution >= 4 is 40.9 Å². The number of hydrogen-bond acceptors (Lipinski definition) is 4. The van der Waals surface area contributed by atoms with Crippen molar-refractivity contribution in [1.29, 1.82) is 0 Å². The molecular formula is C16H11Cl2N3S. The van der Waals surface area contributed by atoms with E-state index in [0.29, 0.717) is 10.0 Å². The smallest absolute Gasteiger partial charge is 0.220 e. The topological polar surface area (TPSA) is 51.8 Å². The average Bonchev–Trinajstić information content (AvgIpc) is 2.52. The predicted octanol–water partition coefficient (Wildman–Crippen LogP) is 5.18. The maximum Gasteiger partial charge on any atom is 0.220 e. The van der Waals surface area contributed by atoms with E-state index in [1.54, 1.807) is 18.0 Å². The molecule has 0 radical (unpaired) electrons. The van der Waals surface area contributed by atoms with E-state index in [2.05, 4.69) is 9.97 Å². The van der Waals surface area contributed by atoms with E-state index in [0.717, 1.165) is 21.0 Å². The van der Waals surface area contributed by atoms with E-state index < -0.39 is 0 Å². The molecule has 22 heavy (non-hydrogen) atoms. The first kappa shape index (κ1) is 15.2. The minimum Gasteiger partial charge on any atom is -0.368 e. The highest BCUT2D eigenvalue weighted by molar-refractivity contribution is 7.99. The summed E-state index contributed by atoms with van der Waals surface area (Å²) in [5, 5.41) is 1.38. The fourth-order valence-corrected chi connectivity index (χ4v) is 3.05. The van der Waals surface area contributed by atoms with Gasteiger partial charge in [-0.25, -0.2) is 9.97 Å². The number of anilines is 1. The molecule has 0 amide bonds. The molecule has 0 aliphatic rings. The Bertz CT molecular complexity index is 789. The van der Waals surface area contributed by atoms with Crippen molar-refractivity contribution in [2.24, 2.45) is 0 Å². The zero-order valence-electron chi connectivity index (χ0n) is 11.3. The lowest BCUT2D eigenvalue weighted by molar-refractivity contribution is 1.12. The molecule has 0 bridgehead atoms. The van der Waals surface area contributed by atoms with Gasteiger partial charge in [0.1, 0.15) is 0 Å². The van der Waals surface area contributed by atoms with Gasteiger partial charge in [0.2, 0.25) is 5.95 Å². The highest BCUT2D eigenvalue weighted by atomic mass is 35.5.